The van der Waals surface area contributed by atoms with E-state index >= 15 is 0 Å². The highest BCUT2D eigenvalue weighted by Crippen LogP contribution is 2.35. The molecule has 0 saturated heterocycles. The van der Waals surface area contributed by atoms with E-state index in [0.717, 1.165) is 34.7 Å². The van der Waals surface area contributed by atoms with Gasteiger partial charge in [-0.25, -0.2) is 0 Å². The molecule has 1 aliphatic rings. The quantitative estimate of drug-likeness (QED) is 0.642. The number of aliphatic hydroxyl groups is 1. The second-order valence-corrected chi connectivity index (χ2v) is 7.78. The molecular weight excluding hydrogens is 376 g/mol. The number of carbonyl (C=O) groups excluding carboxylic acids is 2. The Morgan fingerprint density at radius 3 is 2.60 bits per heavy atom. The maximum atomic E-state index is 13.0. The van der Waals surface area contributed by atoms with Gasteiger partial charge in [0.05, 0.1) is 18.7 Å². The normalized spacial score (nSPS) is 16.1. The van der Waals surface area contributed by atoms with E-state index in [1.54, 1.807) is 0 Å². The Labute approximate surface area is 176 Å². The van der Waals surface area contributed by atoms with Gasteiger partial charge in [0.15, 0.2) is 0 Å². The van der Waals surface area contributed by atoms with Gasteiger partial charge in [0, 0.05) is 6.54 Å². The van der Waals surface area contributed by atoms with Gasteiger partial charge in [0.25, 0.3) is 0 Å². The van der Waals surface area contributed by atoms with Gasteiger partial charge in [-0.3, -0.25) is 9.59 Å². The largest absolute Gasteiger partial charge is 0.395 e. The number of carbonyl (C=O) groups is 2. The van der Waals surface area contributed by atoms with Gasteiger partial charge in [-0.2, -0.15) is 0 Å². The van der Waals surface area contributed by atoms with Crippen molar-refractivity contribution >= 4 is 22.6 Å². The lowest BCUT2D eigenvalue weighted by Crippen LogP contribution is -2.46. The van der Waals surface area contributed by atoms with Crippen LogP contribution in [0.5, 0.6) is 0 Å². The Hall–Kier alpha value is -3.18. The monoisotopic (exact) mass is 402 g/mol. The molecule has 0 saturated carbocycles. The number of aryl methyl sites for hydroxylation is 1. The molecule has 2 amide bonds. The minimum Gasteiger partial charge on any atom is -0.395 e. The minimum absolute atomic E-state index is 0.135. The number of fused-ring (bicyclic) bond motifs is 2. The van der Waals surface area contributed by atoms with E-state index in [1.165, 1.54) is 10.5 Å². The zero-order valence-corrected chi connectivity index (χ0v) is 17.0. The summed E-state index contributed by atoms with van der Waals surface area (Å²) in [5.41, 5.74) is 3.20. The minimum atomic E-state index is -0.645. The van der Waals surface area contributed by atoms with E-state index in [-0.39, 0.29) is 25.2 Å². The molecule has 0 spiro atoms. The van der Waals surface area contributed by atoms with Crippen LogP contribution in [-0.2, 0) is 16.0 Å². The summed E-state index contributed by atoms with van der Waals surface area (Å²) >= 11 is 0. The van der Waals surface area contributed by atoms with Gasteiger partial charge >= 0.3 is 11.8 Å². The zero-order chi connectivity index (χ0) is 21.1. The van der Waals surface area contributed by atoms with E-state index in [4.69, 9.17) is 0 Å². The van der Waals surface area contributed by atoms with Crippen LogP contribution >= 0.6 is 0 Å². The van der Waals surface area contributed by atoms with E-state index in [9.17, 15) is 14.7 Å². The lowest BCUT2D eigenvalue weighted by molar-refractivity contribution is -0.148. The molecule has 0 heterocycles. The number of aliphatic hydroxyl groups excluding tert-OH is 1. The van der Waals surface area contributed by atoms with Crippen molar-refractivity contribution in [1.29, 1.82) is 0 Å². The van der Waals surface area contributed by atoms with Crippen molar-refractivity contribution in [3.63, 3.8) is 0 Å². The second kappa shape index (κ2) is 8.67. The first-order valence-electron chi connectivity index (χ1n) is 10.4. The number of amides is 2. The second-order valence-electron chi connectivity index (χ2n) is 7.78. The fraction of sp³-hybridized carbons (Fsp3) is 0.280. The fourth-order valence-electron chi connectivity index (χ4n) is 4.31. The maximum absolute atomic E-state index is 13.0. The van der Waals surface area contributed by atoms with Crippen LogP contribution in [0.4, 0.5) is 0 Å². The third kappa shape index (κ3) is 3.94. The van der Waals surface area contributed by atoms with Gasteiger partial charge in [-0.1, -0.05) is 60.7 Å². The molecule has 0 aliphatic heterocycles. The molecule has 0 radical (unpaired) electrons. The van der Waals surface area contributed by atoms with Crippen molar-refractivity contribution in [2.45, 2.75) is 31.8 Å². The molecule has 2 atom stereocenters. The van der Waals surface area contributed by atoms with Crippen molar-refractivity contribution in [3.8, 4) is 0 Å². The Morgan fingerprint density at radius 2 is 1.80 bits per heavy atom. The Morgan fingerprint density at radius 1 is 1.07 bits per heavy atom. The van der Waals surface area contributed by atoms with E-state index < -0.39 is 11.8 Å². The van der Waals surface area contributed by atoms with Crippen molar-refractivity contribution in [2.75, 3.05) is 13.2 Å². The summed E-state index contributed by atoms with van der Waals surface area (Å²) in [7, 11) is 0. The molecule has 2 unspecified atom stereocenters. The van der Waals surface area contributed by atoms with Gasteiger partial charge in [0.1, 0.15) is 0 Å². The molecule has 2 N–H and O–H groups in total. The Balaban J connectivity index is 1.50. The van der Waals surface area contributed by atoms with Gasteiger partial charge in [-0.15, -0.1) is 0 Å². The standard InChI is InChI=1S/C25H26N2O3/c1-17(20-11-10-18-6-2-3-8-21(18)16-20)26-24(29)25(30)27(14-15-28)23-13-12-19-7-4-5-9-22(19)23/h2-11,16-17,23,28H,12-15H2,1H3,(H,26,29). The summed E-state index contributed by atoms with van der Waals surface area (Å²) in [6.45, 7) is 1.82. The summed E-state index contributed by atoms with van der Waals surface area (Å²) in [5, 5.41) is 14.6. The van der Waals surface area contributed by atoms with Crippen LogP contribution in [0.1, 0.15) is 42.1 Å². The van der Waals surface area contributed by atoms with Crippen LogP contribution in [0.15, 0.2) is 66.7 Å². The first-order valence-corrected chi connectivity index (χ1v) is 10.4. The first kappa shape index (κ1) is 20.1. The SMILES string of the molecule is CC(NC(=O)C(=O)N(CCO)C1CCc2ccccc21)c1ccc2ccccc2c1. The zero-order valence-electron chi connectivity index (χ0n) is 17.0. The average molecular weight is 402 g/mol. The number of hydrogen-bond acceptors (Lipinski definition) is 3. The lowest BCUT2D eigenvalue weighted by Gasteiger charge is -2.29. The molecule has 5 heteroatoms. The Kier molecular flexibility index (Phi) is 5.81. The number of benzene rings is 3. The molecule has 5 nitrogen and oxygen atoms in total. The van der Waals surface area contributed by atoms with Crippen LogP contribution in [0.2, 0.25) is 0 Å². The van der Waals surface area contributed by atoms with Gasteiger partial charge in [-0.05, 0) is 53.3 Å². The molecule has 154 valence electrons. The Bertz CT molecular complexity index is 1080. The molecule has 0 aromatic heterocycles. The summed E-state index contributed by atoms with van der Waals surface area (Å²) in [4.78, 5) is 27.3. The van der Waals surface area contributed by atoms with Gasteiger partial charge < -0.3 is 15.3 Å². The summed E-state index contributed by atoms with van der Waals surface area (Å²) < 4.78 is 0. The molecule has 0 bridgehead atoms. The molecule has 30 heavy (non-hydrogen) atoms. The summed E-state index contributed by atoms with van der Waals surface area (Å²) in [6, 6.07) is 21.5. The predicted octanol–water partition coefficient (Wildman–Crippen LogP) is 3.53. The van der Waals surface area contributed by atoms with E-state index in [0.29, 0.717) is 0 Å². The smallest absolute Gasteiger partial charge is 0.312 e. The molecule has 3 aromatic rings. The predicted molar refractivity (Wildman–Crippen MR) is 117 cm³/mol. The van der Waals surface area contributed by atoms with Crippen molar-refractivity contribution < 1.29 is 14.7 Å². The van der Waals surface area contributed by atoms with Gasteiger partial charge in [0.2, 0.25) is 0 Å². The fourth-order valence-corrected chi connectivity index (χ4v) is 4.31. The number of nitrogens with one attached hydrogen (secondary N) is 1. The van der Waals surface area contributed by atoms with Crippen molar-refractivity contribution in [3.05, 3.63) is 83.4 Å². The molecule has 4 rings (SSSR count). The van der Waals surface area contributed by atoms with Crippen LogP contribution < -0.4 is 5.32 Å². The van der Waals surface area contributed by atoms with Crippen LogP contribution in [0.25, 0.3) is 10.8 Å². The molecule has 3 aromatic carbocycles. The summed E-state index contributed by atoms with van der Waals surface area (Å²) in [5.74, 6) is -1.24. The molecule has 1 aliphatic carbocycles. The first-order chi connectivity index (χ1) is 14.6. The van der Waals surface area contributed by atoms with Crippen molar-refractivity contribution in [1.82, 2.24) is 10.2 Å². The highest BCUT2D eigenvalue weighted by atomic mass is 16.3. The molecule has 0 fully saturated rings. The van der Waals surface area contributed by atoms with Crippen molar-refractivity contribution in [2.24, 2.45) is 0 Å². The van der Waals surface area contributed by atoms with E-state index in [1.807, 2.05) is 67.6 Å². The van der Waals surface area contributed by atoms with Crippen LogP contribution in [0.3, 0.4) is 0 Å². The number of rotatable bonds is 5. The molecular formula is C25H26N2O3. The average Bonchev–Trinajstić information content (AvgIpc) is 3.20. The van der Waals surface area contributed by atoms with Crippen LogP contribution in [-0.4, -0.2) is 35.0 Å². The van der Waals surface area contributed by atoms with Crippen LogP contribution in [0, 0.1) is 0 Å². The highest BCUT2D eigenvalue weighted by Gasteiger charge is 2.33. The summed E-state index contributed by atoms with van der Waals surface area (Å²) in [6.07, 6.45) is 1.63. The highest BCUT2D eigenvalue weighted by molar-refractivity contribution is 6.35. The maximum Gasteiger partial charge on any atom is 0.312 e. The third-order valence-electron chi connectivity index (χ3n) is 5.89. The number of nitrogens with zero attached hydrogens (tertiary/aromatic N) is 1. The topological polar surface area (TPSA) is 69.6 Å². The van der Waals surface area contributed by atoms with E-state index in [2.05, 4.69) is 11.4 Å². The number of hydrogen-bond donors (Lipinski definition) is 2. The lowest BCUT2D eigenvalue weighted by atomic mass is 10.0. The third-order valence-corrected chi connectivity index (χ3v) is 5.89.